The molecular formula is C25H31ClO5. The summed E-state index contributed by atoms with van der Waals surface area (Å²) in [6, 6.07) is 0. The summed E-state index contributed by atoms with van der Waals surface area (Å²) >= 11 is 6.01. The summed E-state index contributed by atoms with van der Waals surface area (Å²) in [5.74, 6) is -0.865. The van der Waals surface area contributed by atoms with Gasteiger partial charge in [-0.05, 0) is 69.1 Å². The fraction of sp³-hybridized carbons (Fsp3) is 0.640. The highest BCUT2D eigenvalue weighted by Crippen LogP contribution is 2.65. The van der Waals surface area contributed by atoms with Crippen LogP contribution in [0, 0.1) is 16.7 Å². The minimum absolute atomic E-state index is 0.0120. The number of alkyl halides is 1. The topological polar surface area (TPSA) is 80.7 Å². The zero-order chi connectivity index (χ0) is 22.6. The molecule has 168 valence electrons. The maximum absolute atomic E-state index is 13.2. The van der Waals surface area contributed by atoms with Gasteiger partial charge in [0, 0.05) is 17.3 Å². The van der Waals surface area contributed by atoms with Crippen LogP contribution in [-0.4, -0.2) is 40.2 Å². The smallest absolute Gasteiger partial charge is 0.306 e. The second kappa shape index (κ2) is 7.70. The molecule has 4 rings (SSSR count). The number of ketones is 2. The zero-order valence-corrected chi connectivity index (χ0v) is 19.3. The lowest BCUT2D eigenvalue weighted by atomic mass is 9.52. The lowest BCUT2D eigenvalue weighted by molar-refractivity contribution is -0.183. The molecule has 5 atom stereocenters. The highest BCUT2D eigenvalue weighted by Gasteiger charge is 2.67. The second-order valence-corrected chi connectivity index (χ2v) is 10.2. The van der Waals surface area contributed by atoms with Gasteiger partial charge in [0.1, 0.15) is 0 Å². The van der Waals surface area contributed by atoms with E-state index in [9.17, 15) is 19.5 Å². The Balaban J connectivity index is 1.81. The van der Waals surface area contributed by atoms with Gasteiger partial charge in [0.05, 0.1) is 12.0 Å². The third kappa shape index (κ3) is 3.11. The second-order valence-electron chi connectivity index (χ2n) is 9.88. The van der Waals surface area contributed by atoms with Gasteiger partial charge in [0.15, 0.2) is 17.2 Å². The van der Waals surface area contributed by atoms with Crippen LogP contribution in [0.2, 0.25) is 0 Å². The summed E-state index contributed by atoms with van der Waals surface area (Å²) in [6.45, 7) is 5.94. The number of hydrogen-bond acceptors (Lipinski definition) is 5. The average molecular weight is 447 g/mol. The van der Waals surface area contributed by atoms with E-state index in [1.165, 1.54) is 0 Å². The fourth-order valence-electron chi connectivity index (χ4n) is 6.82. The first-order chi connectivity index (χ1) is 14.6. The Morgan fingerprint density at radius 1 is 1.29 bits per heavy atom. The molecule has 4 aliphatic carbocycles. The Morgan fingerprint density at radius 2 is 2.03 bits per heavy atom. The van der Waals surface area contributed by atoms with Gasteiger partial charge in [-0.15, -0.1) is 11.6 Å². The molecule has 0 saturated heterocycles. The van der Waals surface area contributed by atoms with Crippen LogP contribution in [0.25, 0.3) is 0 Å². The number of ether oxygens (including phenoxy) is 1. The number of esters is 1. The third-order valence-electron chi connectivity index (χ3n) is 8.30. The molecule has 0 radical (unpaired) electrons. The summed E-state index contributed by atoms with van der Waals surface area (Å²) < 4.78 is 5.96. The molecule has 0 aromatic heterocycles. The Labute approximate surface area is 188 Å². The van der Waals surface area contributed by atoms with Crippen LogP contribution in [0.15, 0.2) is 34.9 Å². The van der Waals surface area contributed by atoms with E-state index in [1.54, 1.807) is 12.2 Å². The number of Topliss-reactive ketones (excluding diaryl/α,β-unsaturated/α-hetero) is 1. The molecular weight excluding hydrogens is 416 g/mol. The van der Waals surface area contributed by atoms with Crippen molar-refractivity contribution in [2.75, 3.05) is 5.88 Å². The molecule has 0 bridgehead atoms. The molecule has 1 saturated carbocycles. The predicted octanol–water partition coefficient (Wildman–Crippen LogP) is 4.22. The van der Waals surface area contributed by atoms with Crippen molar-refractivity contribution >= 4 is 29.1 Å². The van der Waals surface area contributed by atoms with Crippen LogP contribution < -0.4 is 0 Å². The van der Waals surface area contributed by atoms with Crippen molar-refractivity contribution in [3.05, 3.63) is 34.9 Å². The normalized spacial score (nSPS) is 38.9. The van der Waals surface area contributed by atoms with Crippen molar-refractivity contribution in [2.45, 2.75) is 77.4 Å². The Hall–Kier alpha value is -1.72. The van der Waals surface area contributed by atoms with Crippen molar-refractivity contribution in [3.8, 4) is 0 Å². The van der Waals surface area contributed by atoms with Gasteiger partial charge in [-0.25, -0.2) is 0 Å². The maximum atomic E-state index is 13.2. The van der Waals surface area contributed by atoms with E-state index >= 15 is 0 Å². The third-order valence-corrected chi connectivity index (χ3v) is 8.54. The lowest BCUT2D eigenvalue weighted by Crippen LogP contribution is -2.58. The van der Waals surface area contributed by atoms with Gasteiger partial charge < -0.3 is 9.84 Å². The molecule has 5 nitrogen and oxygen atoms in total. The first kappa shape index (κ1) is 22.5. The first-order valence-corrected chi connectivity index (χ1v) is 11.8. The van der Waals surface area contributed by atoms with Crippen LogP contribution in [-0.2, 0) is 19.1 Å². The number of allylic oxidation sites excluding steroid dienone is 5. The average Bonchev–Trinajstić information content (AvgIpc) is 3.00. The van der Waals surface area contributed by atoms with Crippen LogP contribution >= 0.6 is 11.6 Å². The summed E-state index contributed by atoms with van der Waals surface area (Å²) in [6.07, 6.45) is 8.25. The Morgan fingerprint density at radius 3 is 2.71 bits per heavy atom. The highest BCUT2D eigenvalue weighted by atomic mass is 35.5. The molecule has 6 heteroatoms. The van der Waals surface area contributed by atoms with Gasteiger partial charge in [-0.1, -0.05) is 31.1 Å². The van der Waals surface area contributed by atoms with Crippen molar-refractivity contribution in [1.82, 2.24) is 0 Å². The standard InChI is InChI=1S/C25H31ClO5/c1-4-5-21(30)31-25(20(29)14-26)11-9-18-17-7-6-15-12-16(27)8-10-23(15,2)22(17)19(28)13-24(18,25)3/h8,10,12,18-19,28H,4-7,9,11,13-14H2,1-3H3/t18-,19?,23-,24-,25-/m0/s1. The van der Waals surface area contributed by atoms with Crippen molar-refractivity contribution in [2.24, 2.45) is 16.7 Å². The molecule has 1 fully saturated rings. The molecule has 4 aliphatic rings. The molecule has 1 N–H and O–H groups in total. The van der Waals surface area contributed by atoms with Crippen LogP contribution in [0.1, 0.15) is 65.7 Å². The maximum Gasteiger partial charge on any atom is 0.306 e. The number of rotatable bonds is 5. The minimum atomic E-state index is -1.30. The molecule has 0 aliphatic heterocycles. The van der Waals surface area contributed by atoms with Crippen molar-refractivity contribution in [3.63, 3.8) is 0 Å². The Bertz CT molecular complexity index is 930. The van der Waals surface area contributed by atoms with Crippen LogP contribution in [0.4, 0.5) is 0 Å². The van der Waals surface area contributed by atoms with Gasteiger partial charge in [-0.3, -0.25) is 14.4 Å². The number of carbonyl (C=O) groups is 3. The molecule has 0 amide bonds. The van der Waals surface area contributed by atoms with E-state index in [0.717, 1.165) is 29.6 Å². The molecule has 0 aromatic rings. The van der Waals surface area contributed by atoms with Gasteiger partial charge in [0.2, 0.25) is 0 Å². The van der Waals surface area contributed by atoms with E-state index in [2.05, 4.69) is 6.92 Å². The van der Waals surface area contributed by atoms with Crippen LogP contribution in [0.3, 0.4) is 0 Å². The summed E-state index contributed by atoms with van der Waals surface area (Å²) in [5, 5.41) is 11.4. The van der Waals surface area contributed by atoms with Crippen molar-refractivity contribution in [1.29, 1.82) is 0 Å². The van der Waals surface area contributed by atoms with Gasteiger partial charge in [0.25, 0.3) is 0 Å². The fourth-order valence-corrected chi connectivity index (χ4v) is 7.04. The molecule has 0 aromatic carbocycles. The quantitative estimate of drug-likeness (QED) is 0.388. The number of hydrogen-bond donors (Lipinski definition) is 1. The number of fused-ring (bicyclic) bond motifs is 4. The van der Waals surface area contributed by atoms with Crippen molar-refractivity contribution < 1.29 is 24.2 Å². The summed E-state index contributed by atoms with van der Waals surface area (Å²) in [4.78, 5) is 37.6. The first-order valence-electron chi connectivity index (χ1n) is 11.3. The predicted molar refractivity (Wildman–Crippen MR) is 118 cm³/mol. The highest BCUT2D eigenvalue weighted by molar-refractivity contribution is 6.29. The van der Waals surface area contributed by atoms with Crippen LogP contribution in [0.5, 0.6) is 0 Å². The molecule has 1 unspecified atom stereocenters. The minimum Gasteiger partial charge on any atom is -0.450 e. The zero-order valence-electron chi connectivity index (χ0n) is 18.5. The number of aliphatic hydroxyl groups excluding tert-OH is 1. The number of halogens is 1. The molecule has 0 spiro atoms. The van der Waals surface area contributed by atoms with E-state index in [1.807, 2.05) is 19.9 Å². The molecule has 31 heavy (non-hydrogen) atoms. The number of aliphatic hydroxyl groups is 1. The molecule has 0 heterocycles. The summed E-state index contributed by atoms with van der Waals surface area (Å²) in [5.41, 5.74) is 0.660. The monoisotopic (exact) mass is 446 g/mol. The van der Waals surface area contributed by atoms with Gasteiger partial charge in [-0.2, -0.15) is 0 Å². The number of carbonyl (C=O) groups excluding carboxylic acids is 3. The van der Waals surface area contributed by atoms with E-state index in [4.69, 9.17) is 16.3 Å². The summed E-state index contributed by atoms with van der Waals surface area (Å²) in [7, 11) is 0. The van der Waals surface area contributed by atoms with E-state index in [0.29, 0.717) is 25.7 Å². The largest absolute Gasteiger partial charge is 0.450 e. The lowest BCUT2D eigenvalue weighted by Gasteiger charge is -2.54. The Kier molecular flexibility index (Phi) is 5.58. The van der Waals surface area contributed by atoms with Gasteiger partial charge >= 0.3 is 5.97 Å². The van der Waals surface area contributed by atoms with E-state index < -0.39 is 22.5 Å². The SMILES string of the molecule is CCCC(=O)O[C@]1(C(=O)CCl)CC[C@H]2C3=C(C(O)C[C@@]21C)[C@@]1(C)C=CC(=O)C=C1CC3. The van der Waals surface area contributed by atoms with E-state index in [-0.39, 0.29) is 35.8 Å².